The van der Waals surface area contributed by atoms with E-state index in [1.165, 1.54) is 38.2 Å². The molecule has 3 amide bonds. The fourth-order valence-electron chi connectivity index (χ4n) is 2.60. The molecule has 1 aromatic rings. The second-order valence-electron chi connectivity index (χ2n) is 5.34. The van der Waals surface area contributed by atoms with E-state index < -0.39 is 30.0 Å². The lowest BCUT2D eigenvalue weighted by Crippen LogP contribution is -2.48. The highest BCUT2D eigenvalue weighted by Crippen LogP contribution is 2.26. The molecule has 0 radical (unpaired) electrons. The maximum Gasteiger partial charge on any atom is 0.257 e. The molecule has 8 heteroatoms. The van der Waals surface area contributed by atoms with E-state index in [2.05, 4.69) is 0 Å². The molecule has 24 heavy (non-hydrogen) atoms. The number of amides is 3. The Labute approximate surface area is 138 Å². The Morgan fingerprint density at radius 2 is 1.88 bits per heavy atom. The molecule has 0 spiro atoms. The standard InChI is InChI=1S/C16H19FN2O5/c1-10(20)18(9-15(23-2)24-3)13-8-14(21)19(16(13)22)12-6-4-11(17)5-7-12/h4-7,13,15H,8-9H2,1-3H3. The number of nitrogens with zero attached hydrogens (tertiary/aromatic N) is 2. The van der Waals surface area contributed by atoms with Gasteiger partial charge < -0.3 is 14.4 Å². The third kappa shape index (κ3) is 3.60. The maximum atomic E-state index is 13.0. The number of benzene rings is 1. The minimum absolute atomic E-state index is 0.0171. The van der Waals surface area contributed by atoms with Crippen molar-refractivity contribution >= 4 is 23.4 Å². The van der Waals surface area contributed by atoms with Gasteiger partial charge in [0.15, 0.2) is 6.29 Å². The predicted molar refractivity (Wildman–Crippen MR) is 82.5 cm³/mol. The van der Waals surface area contributed by atoms with Gasteiger partial charge in [-0.05, 0) is 24.3 Å². The van der Waals surface area contributed by atoms with Gasteiger partial charge in [-0.25, -0.2) is 9.29 Å². The molecule has 1 atom stereocenters. The molecule has 1 aromatic carbocycles. The molecular weight excluding hydrogens is 319 g/mol. The number of ether oxygens (including phenoxy) is 2. The summed E-state index contributed by atoms with van der Waals surface area (Å²) in [6.45, 7) is 1.32. The van der Waals surface area contributed by atoms with Gasteiger partial charge in [-0.1, -0.05) is 0 Å². The molecule has 0 aromatic heterocycles. The van der Waals surface area contributed by atoms with E-state index >= 15 is 0 Å². The maximum absolute atomic E-state index is 13.0. The molecule has 130 valence electrons. The lowest BCUT2D eigenvalue weighted by Gasteiger charge is -2.29. The van der Waals surface area contributed by atoms with Crippen LogP contribution >= 0.6 is 0 Å². The van der Waals surface area contributed by atoms with Gasteiger partial charge in [0.25, 0.3) is 5.91 Å². The molecule has 0 bridgehead atoms. The number of carbonyl (C=O) groups excluding carboxylic acids is 3. The first-order valence-corrected chi connectivity index (χ1v) is 7.34. The first-order chi connectivity index (χ1) is 11.4. The van der Waals surface area contributed by atoms with Crippen molar-refractivity contribution in [3.8, 4) is 0 Å². The Kier molecular flexibility index (Phi) is 5.63. The van der Waals surface area contributed by atoms with Gasteiger partial charge in [0.2, 0.25) is 11.8 Å². The summed E-state index contributed by atoms with van der Waals surface area (Å²) in [5.74, 6) is -1.83. The van der Waals surface area contributed by atoms with Crippen molar-refractivity contribution in [2.75, 3.05) is 25.7 Å². The number of anilines is 1. The highest BCUT2D eigenvalue weighted by Gasteiger charge is 2.44. The van der Waals surface area contributed by atoms with E-state index in [9.17, 15) is 18.8 Å². The van der Waals surface area contributed by atoms with Crippen LogP contribution in [0.3, 0.4) is 0 Å². The topological polar surface area (TPSA) is 76.2 Å². The first-order valence-electron chi connectivity index (χ1n) is 7.34. The van der Waals surface area contributed by atoms with Crippen LogP contribution in [0.4, 0.5) is 10.1 Å². The summed E-state index contributed by atoms with van der Waals surface area (Å²) in [6.07, 6.45) is -0.854. The Morgan fingerprint density at radius 3 is 2.38 bits per heavy atom. The normalized spacial score (nSPS) is 17.7. The lowest BCUT2D eigenvalue weighted by atomic mass is 10.2. The second-order valence-corrected chi connectivity index (χ2v) is 5.34. The third-order valence-electron chi connectivity index (χ3n) is 3.86. The van der Waals surface area contributed by atoms with Crippen molar-refractivity contribution in [1.82, 2.24) is 4.90 Å². The minimum Gasteiger partial charge on any atom is -0.354 e. The van der Waals surface area contributed by atoms with Crippen LogP contribution < -0.4 is 4.90 Å². The molecule has 1 aliphatic rings. The molecule has 0 N–H and O–H groups in total. The number of hydrogen-bond acceptors (Lipinski definition) is 5. The summed E-state index contributed by atoms with van der Waals surface area (Å²) in [6, 6.07) is 4.08. The Morgan fingerprint density at radius 1 is 1.29 bits per heavy atom. The van der Waals surface area contributed by atoms with Crippen molar-refractivity contribution in [3.63, 3.8) is 0 Å². The largest absolute Gasteiger partial charge is 0.354 e. The first kappa shape index (κ1) is 18.0. The van der Waals surface area contributed by atoms with Crippen LogP contribution in [0.1, 0.15) is 13.3 Å². The lowest BCUT2D eigenvalue weighted by molar-refractivity contribution is -0.150. The smallest absolute Gasteiger partial charge is 0.257 e. The van der Waals surface area contributed by atoms with Crippen molar-refractivity contribution in [1.29, 1.82) is 0 Å². The molecule has 1 heterocycles. The van der Waals surface area contributed by atoms with Gasteiger partial charge in [0.1, 0.15) is 11.9 Å². The van der Waals surface area contributed by atoms with E-state index in [0.717, 1.165) is 17.0 Å². The van der Waals surface area contributed by atoms with Crippen LogP contribution in [-0.2, 0) is 23.9 Å². The molecule has 0 aliphatic carbocycles. The fraction of sp³-hybridized carbons (Fsp3) is 0.438. The summed E-state index contributed by atoms with van der Waals surface area (Å²) in [4.78, 5) is 39.0. The Hall–Kier alpha value is -2.32. The van der Waals surface area contributed by atoms with Gasteiger partial charge in [0.05, 0.1) is 18.7 Å². The molecule has 1 fully saturated rings. The zero-order valence-electron chi connectivity index (χ0n) is 13.7. The summed E-state index contributed by atoms with van der Waals surface area (Å²) < 4.78 is 23.1. The van der Waals surface area contributed by atoms with E-state index in [4.69, 9.17) is 9.47 Å². The van der Waals surface area contributed by atoms with E-state index in [0.29, 0.717) is 0 Å². The minimum atomic E-state index is -0.937. The quantitative estimate of drug-likeness (QED) is 0.570. The van der Waals surface area contributed by atoms with Gasteiger partial charge in [-0.2, -0.15) is 0 Å². The van der Waals surface area contributed by atoms with Crippen molar-refractivity contribution < 1.29 is 28.2 Å². The van der Waals surface area contributed by atoms with Crippen LogP contribution in [0.25, 0.3) is 0 Å². The molecule has 0 saturated carbocycles. The average Bonchev–Trinajstić information content (AvgIpc) is 2.84. The molecule has 2 rings (SSSR count). The molecular formula is C16H19FN2O5. The molecule has 1 aliphatic heterocycles. The Balaban J connectivity index is 2.24. The van der Waals surface area contributed by atoms with Crippen molar-refractivity contribution in [2.24, 2.45) is 0 Å². The highest BCUT2D eigenvalue weighted by atomic mass is 19.1. The SMILES string of the molecule is COC(CN(C(C)=O)C1CC(=O)N(c2ccc(F)cc2)C1=O)OC. The fourth-order valence-corrected chi connectivity index (χ4v) is 2.60. The summed E-state index contributed by atoms with van der Waals surface area (Å²) in [5.41, 5.74) is 0.271. The Bertz CT molecular complexity index is 630. The molecule has 1 saturated heterocycles. The number of imide groups is 1. The van der Waals surface area contributed by atoms with E-state index in [-0.39, 0.29) is 24.6 Å². The third-order valence-corrected chi connectivity index (χ3v) is 3.86. The zero-order valence-corrected chi connectivity index (χ0v) is 13.7. The summed E-state index contributed by atoms with van der Waals surface area (Å²) in [7, 11) is 2.83. The van der Waals surface area contributed by atoms with Crippen LogP contribution in [0, 0.1) is 5.82 Å². The highest BCUT2D eigenvalue weighted by molar-refractivity contribution is 6.22. The summed E-state index contributed by atoms with van der Waals surface area (Å²) in [5, 5.41) is 0. The van der Waals surface area contributed by atoms with Crippen LogP contribution in [0.5, 0.6) is 0 Å². The molecule has 7 nitrogen and oxygen atoms in total. The number of methoxy groups -OCH3 is 2. The van der Waals surface area contributed by atoms with Crippen LogP contribution in [-0.4, -0.2) is 55.7 Å². The number of rotatable bonds is 6. The second kappa shape index (κ2) is 7.50. The summed E-state index contributed by atoms with van der Waals surface area (Å²) >= 11 is 0. The van der Waals surface area contributed by atoms with Gasteiger partial charge >= 0.3 is 0 Å². The van der Waals surface area contributed by atoms with Crippen molar-refractivity contribution in [3.05, 3.63) is 30.1 Å². The predicted octanol–water partition coefficient (Wildman–Crippen LogP) is 0.925. The zero-order chi connectivity index (χ0) is 17.9. The number of halogens is 1. The van der Waals surface area contributed by atoms with Crippen molar-refractivity contribution in [2.45, 2.75) is 25.7 Å². The van der Waals surface area contributed by atoms with Gasteiger partial charge in [-0.15, -0.1) is 0 Å². The van der Waals surface area contributed by atoms with Gasteiger partial charge in [-0.3, -0.25) is 14.4 Å². The van der Waals surface area contributed by atoms with E-state index in [1.807, 2.05) is 0 Å². The average molecular weight is 338 g/mol. The van der Waals surface area contributed by atoms with E-state index in [1.54, 1.807) is 0 Å². The number of carbonyl (C=O) groups is 3. The monoisotopic (exact) mass is 338 g/mol. The molecule has 1 unspecified atom stereocenters. The van der Waals surface area contributed by atoms with Crippen LogP contribution in [0.2, 0.25) is 0 Å². The van der Waals surface area contributed by atoms with Gasteiger partial charge in [0, 0.05) is 21.1 Å². The van der Waals surface area contributed by atoms with Crippen LogP contribution in [0.15, 0.2) is 24.3 Å². The number of hydrogen-bond donors (Lipinski definition) is 0.